The van der Waals surface area contributed by atoms with Crippen LogP contribution in [0.5, 0.6) is 0 Å². The predicted octanol–water partition coefficient (Wildman–Crippen LogP) is 2.93. The van der Waals surface area contributed by atoms with E-state index >= 15 is 0 Å². The fourth-order valence-corrected chi connectivity index (χ4v) is 2.13. The zero-order valence-corrected chi connectivity index (χ0v) is 9.68. The summed E-state index contributed by atoms with van der Waals surface area (Å²) in [5.41, 5.74) is 9.03. The zero-order chi connectivity index (χ0) is 12.5. The van der Waals surface area contributed by atoms with Gasteiger partial charge < -0.3 is 10.7 Å². The highest BCUT2D eigenvalue weighted by Crippen LogP contribution is 2.28. The Morgan fingerprint density at radius 1 is 1.06 bits per heavy atom. The van der Waals surface area contributed by atoms with Crippen molar-refractivity contribution in [2.45, 2.75) is 0 Å². The highest BCUT2D eigenvalue weighted by atomic mass is 16.1. The van der Waals surface area contributed by atoms with Crippen LogP contribution in [-0.4, -0.2) is 10.9 Å². The maximum atomic E-state index is 11.2. The molecule has 3 rings (SSSR count). The van der Waals surface area contributed by atoms with Gasteiger partial charge >= 0.3 is 0 Å². The number of carbonyl (C=O) groups is 1. The first-order valence-electron chi connectivity index (χ1n) is 5.72. The SMILES string of the molecule is NC(=O)c1ccc2[nH]cc(-c3ccccc3)c2c1. The lowest BCUT2D eigenvalue weighted by molar-refractivity contribution is 0.100. The molecule has 0 saturated carbocycles. The quantitative estimate of drug-likeness (QED) is 0.706. The van der Waals surface area contributed by atoms with Crippen molar-refractivity contribution in [2.75, 3.05) is 0 Å². The van der Waals surface area contributed by atoms with Gasteiger partial charge in [-0.05, 0) is 23.8 Å². The maximum Gasteiger partial charge on any atom is 0.248 e. The van der Waals surface area contributed by atoms with Crippen molar-refractivity contribution in [3.05, 3.63) is 60.3 Å². The van der Waals surface area contributed by atoms with Crippen molar-refractivity contribution in [1.29, 1.82) is 0 Å². The molecule has 88 valence electrons. The van der Waals surface area contributed by atoms with E-state index in [9.17, 15) is 4.79 Å². The summed E-state index contributed by atoms with van der Waals surface area (Å²) in [7, 11) is 0. The van der Waals surface area contributed by atoms with Crippen LogP contribution in [0.1, 0.15) is 10.4 Å². The molecular formula is C15H12N2O. The Morgan fingerprint density at radius 2 is 1.83 bits per heavy atom. The van der Waals surface area contributed by atoms with Gasteiger partial charge in [0.25, 0.3) is 0 Å². The minimum Gasteiger partial charge on any atom is -0.366 e. The summed E-state index contributed by atoms with van der Waals surface area (Å²) in [5, 5.41) is 1.01. The van der Waals surface area contributed by atoms with Crippen molar-refractivity contribution in [2.24, 2.45) is 5.73 Å². The molecule has 0 bridgehead atoms. The van der Waals surface area contributed by atoms with Crippen LogP contribution in [0, 0.1) is 0 Å². The molecule has 0 aliphatic rings. The summed E-state index contributed by atoms with van der Waals surface area (Å²) in [6.07, 6.45) is 1.95. The predicted molar refractivity (Wildman–Crippen MR) is 72.3 cm³/mol. The number of carbonyl (C=O) groups excluding carboxylic acids is 1. The molecule has 18 heavy (non-hydrogen) atoms. The van der Waals surface area contributed by atoms with E-state index in [0.29, 0.717) is 5.56 Å². The van der Waals surface area contributed by atoms with Gasteiger partial charge in [0.2, 0.25) is 5.91 Å². The topological polar surface area (TPSA) is 58.9 Å². The van der Waals surface area contributed by atoms with Crippen LogP contribution in [0.4, 0.5) is 0 Å². The van der Waals surface area contributed by atoms with E-state index in [4.69, 9.17) is 5.73 Å². The summed E-state index contributed by atoms with van der Waals surface area (Å²) in [6, 6.07) is 15.5. The molecule has 1 amide bonds. The number of rotatable bonds is 2. The molecule has 0 radical (unpaired) electrons. The molecule has 0 aliphatic carbocycles. The van der Waals surface area contributed by atoms with Crippen molar-refractivity contribution in [1.82, 2.24) is 4.98 Å². The first kappa shape index (κ1) is 10.6. The number of benzene rings is 2. The van der Waals surface area contributed by atoms with Gasteiger partial charge in [-0.3, -0.25) is 4.79 Å². The fourth-order valence-electron chi connectivity index (χ4n) is 2.13. The lowest BCUT2D eigenvalue weighted by atomic mass is 10.0. The third-order valence-electron chi connectivity index (χ3n) is 3.05. The van der Waals surface area contributed by atoms with E-state index in [1.807, 2.05) is 48.7 Å². The van der Waals surface area contributed by atoms with Gasteiger partial charge in [0.05, 0.1) is 0 Å². The van der Waals surface area contributed by atoms with Crippen LogP contribution < -0.4 is 5.73 Å². The number of primary amides is 1. The zero-order valence-electron chi connectivity index (χ0n) is 9.68. The monoisotopic (exact) mass is 236 g/mol. The number of fused-ring (bicyclic) bond motifs is 1. The van der Waals surface area contributed by atoms with Crippen LogP contribution in [0.2, 0.25) is 0 Å². The van der Waals surface area contributed by atoms with E-state index < -0.39 is 5.91 Å². The standard InChI is InChI=1S/C15H12N2O/c16-15(18)11-6-7-14-12(8-11)13(9-17-14)10-4-2-1-3-5-10/h1-9,17H,(H2,16,18). The second-order valence-electron chi connectivity index (χ2n) is 4.19. The van der Waals surface area contributed by atoms with Gasteiger partial charge in [0, 0.05) is 28.2 Å². The molecule has 0 unspecified atom stereocenters. The Bertz CT molecular complexity index is 714. The Kier molecular flexibility index (Phi) is 2.38. The smallest absolute Gasteiger partial charge is 0.248 e. The largest absolute Gasteiger partial charge is 0.366 e. The minimum absolute atomic E-state index is 0.405. The average Bonchev–Trinajstić information content (AvgIpc) is 2.82. The second-order valence-corrected chi connectivity index (χ2v) is 4.19. The van der Waals surface area contributed by atoms with Crippen molar-refractivity contribution in [3.8, 4) is 11.1 Å². The number of nitrogens with two attached hydrogens (primary N) is 1. The first-order valence-corrected chi connectivity index (χ1v) is 5.72. The number of amides is 1. The number of hydrogen-bond donors (Lipinski definition) is 2. The molecule has 2 aromatic carbocycles. The number of aromatic nitrogens is 1. The Balaban J connectivity index is 2.24. The van der Waals surface area contributed by atoms with Gasteiger partial charge in [-0.1, -0.05) is 30.3 Å². The first-order chi connectivity index (χ1) is 8.75. The Morgan fingerprint density at radius 3 is 2.56 bits per heavy atom. The molecule has 3 nitrogen and oxygen atoms in total. The molecule has 3 aromatic rings. The van der Waals surface area contributed by atoms with Gasteiger partial charge in [-0.25, -0.2) is 0 Å². The molecule has 0 aliphatic heterocycles. The summed E-state index contributed by atoms with van der Waals surface area (Å²) < 4.78 is 0. The van der Waals surface area contributed by atoms with Gasteiger partial charge in [-0.15, -0.1) is 0 Å². The van der Waals surface area contributed by atoms with Crippen LogP contribution in [0.25, 0.3) is 22.0 Å². The van der Waals surface area contributed by atoms with Crippen LogP contribution >= 0.6 is 0 Å². The molecule has 3 N–H and O–H groups in total. The number of aromatic amines is 1. The van der Waals surface area contributed by atoms with Gasteiger partial charge in [-0.2, -0.15) is 0 Å². The van der Waals surface area contributed by atoms with Crippen molar-refractivity contribution in [3.63, 3.8) is 0 Å². The Hall–Kier alpha value is -2.55. The Labute approximate surface area is 104 Å². The van der Waals surface area contributed by atoms with Crippen LogP contribution in [0.15, 0.2) is 54.7 Å². The average molecular weight is 236 g/mol. The van der Waals surface area contributed by atoms with E-state index in [1.165, 1.54) is 0 Å². The number of hydrogen-bond acceptors (Lipinski definition) is 1. The molecule has 0 spiro atoms. The highest BCUT2D eigenvalue weighted by molar-refractivity contribution is 6.02. The van der Waals surface area contributed by atoms with E-state index in [0.717, 1.165) is 22.0 Å². The normalized spacial score (nSPS) is 10.7. The number of H-pyrrole nitrogens is 1. The van der Waals surface area contributed by atoms with Crippen molar-refractivity contribution < 1.29 is 4.79 Å². The summed E-state index contributed by atoms with van der Waals surface area (Å²) in [4.78, 5) is 14.4. The third-order valence-corrected chi connectivity index (χ3v) is 3.05. The molecule has 1 aromatic heterocycles. The van der Waals surface area contributed by atoms with Crippen molar-refractivity contribution >= 4 is 16.8 Å². The molecule has 0 atom stereocenters. The lowest BCUT2D eigenvalue weighted by Crippen LogP contribution is -2.10. The summed E-state index contributed by atoms with van der Waals surface area (Å²) in [6.45, 7) is 0. The van der Waals surface area contributed by atoms with Crippen LogP contribution in [0.3, 0.4) is 0 Å². The molecule has 0 saturated heterocycles. The van der Waals surface area contributed by atoms with Gasteiger partial charge in [0.1, 0.15) is 0 Å². The molecular weight excluding hydrogens is 224 g/mol. The van der Waals surface area contributed by atoms with Crippen LogP contribution in [-0.2, 0) is 0 Å². The second kappa shape index (κ2) is 4.04. The molecule has 1 heterocycles. The number of nitrogens with one attached hydrogen (secondary N) is 1. The van der Waals surface area contributed by atoms with E-state index in [2.05, 4.69) is 4.98 Å². The fraction of sp³-hybridized carbons (Fsp3) is 0. The highest BCUT2D eigenvalue weighted by Gasteiger charge is 2.08. The summed E-state index contributed by atoms with van der Waals surface area (Å²) >= 11 is 0. The minimum atomic E-state index is -0.405. The van der Waals surface area contributed by atoms with E-state index in [-0.39, 0.29) is 0 Å². The van der Waals surface area contributed by atoms with E-state index in [1.54, 1.807) is 6.07 Å². The summed E-state index contributed by atoms with van der Waals surface area (Å²) in [5.74, 6) is -0.405. The maximum absolute atomic E-state index is 11.2. The van der Waals surface area contributed by atoms with Gasteiger partial charge in [0.15, 0.2) is 0 Å². The third kappa shape index (κ3) is 1.66. The lowest BCUT2D eigenvalue weighted by Gasteiger charge is -2.00. The molecule has 3 heteroatoms. The molecule has 0 fully saturated rings.